The van der Waals surface area contributed by atoms with Crippen LogP contribution in [0.4, 0.5) is 4.39 Å². The van der Waals surface area contributed by atoms with Gasteiger partial charge in [0.15, 0.2) is 0 Å². The Kier molecular flexibility index (Phi) is 6.72. The topological polar surface area (TPSA) is 65.1 Å². The van der Waals surface area contributed by atoms with Gasteiger partial charge in [0.25, 0.3) is 0 Å². The van der Waals surface area contributed by atoms with Crippen molar-refractivity contribution in [3.05, 3.63) is 64.0 Å². The minimum absolute atomic E-state index is 0. The molecular weight excluding hydrogens is 461 g/mol. The van der Waals surface area contributed by atoms with E-state index < -0.39 is 12.0 Å². The van der Waals surface area contributed by atoms with Crippen molar-refractivity contribution >= 4 is 11.9 Å². The van der Waals surface area contributed by atoms with Crippen molar-refractivity contribution in [3.63, 3.8) is 0 Å². The first-order valence-electron chi connectivity index (χ1n) is 12.5. The summed E-state index contributed by atoms with van der Waals surface area (Å²) < 4.78 is 31.0. The van der Waals surface area contributed by atoms with Crippen molar-refractivity contribution in [1.82, 2.24) is 4.90 Å². The van der Waals surface area contributed by atoms with Crippen LogP contribution in [0.15, 0.2) is 30.3 Å². The maximum absolute atomic E-state index is 14.1. The molecule has 1 unspecified atom stereocenters. The standard InChI is InChI=1S/C29H30FNO5.H2/c1-4-34-29(33)24-10-7-13-31(24)15-22-21-12-11-20-17(2)14-25(18(3)26(20)27(21)36-28(22)32)35-16-19-8-5-6-9-23(19)30;/h1,5-6,8-9,14,21-22,24,27H,7,10-13,15-16H2,2-3H3;1H/t21-,22?,24+,27+;/m0./s1. The minimum Gasteiger partial charge on any atom is -0.489 e. The number of fused-ring (bicyclic) bond motifs is 3. The molecule has 0 amide bonds. The lowest BCUT2D eigenvalue weighted by molar-refractivity contribution is -0.147. The molecule has 7 heteroatoms. The van der Waals surface area contributed by atoms with Crippen molar-refractivity contribution in [2.75, 3.05) is 13.1 Å². The first-order valence-corrected chi connectivity index (χ1v) is 12.5. The van der Waals surface area contributed by atoms with E-state index in [0.29, 0.717) is 30.8 Å². The molecule has 2 aromatic carbocycles. The first-order chi connectivity index (χ1) is 17.4. The number of carbonyl (C=O) groups excluding carboxylic acids is 2. The number of hydrogen-bond donors (Lipinski definition) is 0. The Hall–Kier alpha value is -3.37. The zero-order valence-corrected chi connectivity index (χ0v) is 20.6. The van der Waals surface area contributed by atoms with Crippen molar-refractivity contribution in [2.24, 2.45) is 11.8 Å². The van der Waals surface area contributed by atoms with Crippen LogP contribution in [0.2, 0.25) is 0 Å². The third-order valence-corrected chi connectivity index (χ3v) is 7.95. The van der Waals surface area contributed by atoms with Crippen LogP contribution in [-0.2, 0) is 32.1 Å². The summed E-state index contributed by atoms with van der Waals surface area (Å²) in [5.74, 6) is -0.617. The molecule has 0 saturated carbocycles. The second kappa shape index (κ2) is 9.94. The number of likely N-dealkylation sites (tertiary alicyclic amines) is 1. The second-order valence-electron chi connectivity index (χ2n) is 9.95. The van der Waals surface area contributed by atoms with E-state index >= 15 is 0 Å². The number of aryl methyl sites for hydroxylation is 1. The van der Waals surface area contributed by atoms with Crippen LogP contribution in [0, 0.1) is 44.0 Å². The van der Waals surface area contributed by atoms with Crippen molar-refractivity contribution in [3.8, 4) is 18.3 Å². The molecule has 0 bridgehead atoms. The predicted molar refractivity (Wildman–Crippen MR) is 132 cm³/mol. The average Bonchev–Trinajstić information content (AvgIpc) is 3.45. The molecule has 2 saturated heterocycles. The number of nitrogens with zero attached hydrogens (tertiary/aromatic N) is 1. The summed E-state index contributed by atoms with van der Waals surface area (Å²) >= 11 is 0. The van der Waals surface area contributed by atoms with Gasteiger partial charge >= 0.3 is 11.9 Å². The van der Waals surface area contributed by atoms with Crippen LogP contribution in [0.1, 0.15) is 54.6 Å². The van der Waals surface area contributed by atoms with Gasteiger partial charge in [-0.05, 0) is 74.9 Å². The van der Waals surface area contributed by atoms with E-state index in [1.54, 1.807) is 18.2 Å². The van der Waals surface area contributed by atoms with E-state index in [4.69, 9.17) is 20.6 Å². The number of carbonyl (C=O) groups is 2. The zero-order valence-electron chi connectivity index (χ0n) is 20.6. The molecule has 6 nitrogen and oxygen atoms in total. The number of halogens is 1. The van der Waals surface area contributed by atoms with Gasteiger partial charge in [0.2, 0.25) is 0 Å². The van der Waals surface area contributed by atoms with Gasteiger partial charge in [-0.2, -0.15) is 0 Å². The molecule has 2 heterocycles. The van der Waals surface area contributed by atoms with Gasteiger partial charge in [0.1, 0.15) is 36.4 Å². The lowest BCUT2D eigenvalue weighted by Gasteiger charge is -2.33. The summed E-state index contributed by atoms with van der Waals surface area (Å²) in [5, 5.41) is 0. The van der Waals surface area contributed by atoms with E-state index in [9.17, 15) is 14.0 Å². The molecule has 1 aliphatic carbocycles. The summed E-state index contributed by atoms with van der Waals surface area (Å²) in [6.07, 6.45) is 9.94. The van der Waals surface area contributed by atoms with E-state index in [-0.39, 0.29) is 37.8 Å². The molecule has 190 valence electrons. The smallest absolute Gasteiger partial charge is 0.337 e. The van der Waals surface area contributed by atoms with Gasteiger partial charge < -0.3 is 14.2 Å². The van der Waals surface area contributed by atoms with Crippen molar-refractivity contribution in [1.29, 1.82) is 0 Å². The first kappa shape index (κ1) is 24.3. The Balaban J connectivity index is 0.00000320. The molecule has 0 radical (unpaired) electrons. The SMILES string of the molecule is C#COC(=O)[C@H]1CCCN1CC1C(=O)O[C@H]2c3c(C)c(OCc4ccccc4F)cc(C)c3CC[C@@H]12.[HH]. The van der Waals surface area contributed by atoms with Gasteiger partial charge in [0.05, 0.1) is 5.92 Å². The number of esters is 2. The molecule has 36 heavy (non-hydrogen) atoms. The average molecular weight is 494 g/mol. The molecule has 2 aromatic rings. The largest absolute Gasteiger partial charge is 0.489 e. The van der Waals surface area contributed by atoms with Gasteiger partial charge in [0, 0.05) is 25.0 Å². The lowest BCUT2D eigenvalue weighted by atomic mass is 9.74. The van der Waals surface area contributed by atoms with Crippen LogP contribution < -0.4 is 4.74 Å². The van der Waals surface area contributed by atoms with Crippen LogP contribution in [-0.4, -0.2) is 36.0 Å². The number of terminal acetylenes is 1. The Morgan fingerprint density at radius 2 is 2.11 bits per heavy atom. The Bertz CT molecular complexity index is 1240. The molecule has 5 rings (SSSR count). The Morgan fingerprint density at radius 3 is 2.89 bits per heavy atom. The van der Waals surface area contributed by atoms with Gasteiger partial charge in [-0.1, -0.05) is 24.6 Å². The quantitative estimate of drug-likeness (QED) is 0.432. The summed E-state index contributed by atoms with van der Waals surface area (Å²) in [4.78, 5) is 27.4. The molecular formula is C29H32FNO5. The Morgan fingerprint density at radius 1 is 1.31 bits per heavy atom. The van der Waals surface area contributed by atoms with Crippen molar-refractivity contribution < 1.29 is 29.6 Å². The fraction of sp³-hybridized carbons (Fsp3) is 0.448. The Labute approximate surface area is 212 Å². The van der Waals surface area contributed by atoms with E-state index in [1.165, 1.54) is 11.6 Å². The molecule has 2 aliphatic heterocycles. The predicted octanol–water partition coefficient (Wildman–Crippen LogP) is 4.64. The molecule has 2 fully saturated rings. The summed E-state index contributed by atoms with van der Waals surface area (Å²) in [5.41, 5.74) is 4.69. The van der Waals surface area contributed by atoms with Crippen LogP contribution >= 0.6 is 0 Å². The van der Waals surface area contributed by atoms with Crippen LogP contribution in [0.3, 0.4) is 0 Å². The summed E-state index contributed by atoms with van der Waals surface area (Å²) in [6.45, 7) is 5.29. The maximum atomic E-state index is 14.1. The number of benzene rings is 2. The summed E-state index contributed by atoms with van der Waals surface area (Å²) in [6, 6.07) is 8.14. The van der Waals surface area contributed by atoms with E-state index in [2.05, 4.69) is 0 Å². The fourth-order valence-electron chi connectivity index (χ4n) is 6.12. The van der Waals surface area contributed by atoms with Crippen molar-refractivity contribution in [2.45, 2.75) is 58.3 Å². The monoisotopic (exact) mass is 493 g/mol. The lowest BCUT2D eigenvalue weighted by Crippen LogP contribution is -2.42. The normalized spacial score (nSPS) is 25.0. The minimum atomic E-state index is -0.435. The van der Waals surface area contributed by atoms with E-state index in [0.717, 1.165) is 36.0 Å². The highest BCUT2D eigenvalue weighted by atomic mass is 19.1. The van der Waals surface area contributed by atoms with Gasteiger partial charge in [-0.25, -0.2) is 9.18 Å². The van der Waals surface area contributed by atoms with Crippen LogP contribution in [0.25, 0.3) is 0 Å². The molecule has 0 N–H and O–H groups in total. The van der Waals surface area contributed by atoms with E-state index in [1.807, 2.05) is 30.9 Å². The molecule has 0 aromatic heterocycles. The molecule has 3 aliphatic rings. The highest BCUT2D eigenvalue weighted by Gasteiger charge is 2.50. The number of hydrogen-bond acceptors (Lipinski definition) is 6. The maximum Gasteiger partial charge on any atom is 0.337 e. The third kappa shape index (κ3) is 4.35. The van der Waals surface area contributed by atoms with Crippen LogP contribution in [0.5, 0.6) is 5.75 Å². The number of ether oxygens (including phenoxy) is 3. The fourth-order valence-corrected chi connectivity index (χ4v) is 6.12. The third-order valence-electron chi connectivity index (χ3n) is 7.95. The number of rotatable bonds is 6. The molecule has 0 spiro atoms. The zero-order chi connectivity index (χ0) is 25.4. The highest BCUT2D eigenvalue weighted by molar-refractivity contribution is 5.78. The highest BCUT2D eigenvalue weighted by Crippen LogP contribution is 2.50. The summed E-state index contributed by atoms with van der Waals surface area (Å²) in [7, 11) is 0. The molecule has 4 atom stereocenters. The second-order valence-corrected chi connectivity index (χ2v) is 9.95. The van der Waals surface area contributed by atoms with Gasteiger partial charge in [-0.15, -0.1) is 0 Å². The van der Waals surface area contributed by atoms with Gasteiger partial charge in [-0.3, -0.25) is 9.69 Å².